The first kappa shape index (κ1) is 21.1. The lowest BCUT2D eigenvalue weighted by atomic mass is 9.76. The fourth-order valence-corrected chi connectivity index (χ4v) is 4.81. The van der Waals surface area contributed by atoms with Crippen molar-refractivity contribution in [3.05, 3.63) is 35.1 Å². The molecule has 0 spiro atoms. The smallest absolute Gasteiger partial charge is 0.314 e. The van der Waals surface area contributed by atoms with Gasteiger partial charge in [0.2, 0.25) is 0 Å². The fourth-order valence-electron chi connectivity index (χ4n) is 4.81. The summed E-state index contributed by atoms with van der Waals surface area (Å²) in [5, 5.41) is 12.5. The molecule has 1 aromatic rings. The van der Waals surface area contributed by atoms with Crippen LogP contribution in [0.5, 0.6) is 0 Å². The number of benzene rings is 1. The molecule has 1 N–H and O–H groups in total. The summed E-state index contributed by atoms with van der Waals surface area (Å²) in [5.41, 5.74) is -0.565. The highest BCUT2D eigenvalue weighted by Gasteiger charge is 2.36. The first-order valence-electron chi connectivity index (χ1n) is 10.4. The van der Waals surface area contributed by atoms with E-state index in [4.69, 9.17) is 5.26 Å². The van der Waals surface area contributed by atoms with Gasteiger partial charge in [0, 0.05) is 12.0 Å². The van der Waals surface area contributed by atoms with Gasteiger partial charge in [-0.05, 0) is 93.9 Å². The molecule has 0 saturated heterocycles. The molecule has 2 saturated carbocycles. The summed E-state index contributed by atoms with van der Waals surface area (Å²) in [7, 11) is 0. The van der Waals surface area contributed by atoms with Gasteiger partial charge < -0.3 is 5.32 Å². The van der Waals surface area contributed by atoms with Crippen LogP contribution in [0.3, 0.4) is 0 Å². The lowest BCUT2D eigenvalue weighted by molar-refractivity contribution is -0.138. The Kier molecular flexibility index (Phi) is 6.98. The van der Waals surface area contributed by atoms with Crippen LogP contribution in [0.15, 0.2) is 18.2 Å². The minimum atomic E-state index is -4.51. The third kappa shape index (κ3) is 5.47. The zero-order chi connectivity index (χ0) is 20.1. The van der Waals surface area contributed by atoms with E-state index in [2.05, 4.69) is 11.4 Å². The van der Waals surface area contributed by atoms with Crippen LogP contribution in [0.1, 0.15) is 74.8 Å². The van der Waals surface area contributed by atoms with Crippen molar-refractivity contribution < 1.29 is 17.6 Å². The number of rotatable bonds is 5. The maximum absolute atomic E-state index is 13.3. The summed E-state index contributed by atoms with van der Waals surface area (Å²) in [6.45, 7) is 0.932. The van der Waals surface area contributed by atoms with Crippen LogP contribution < -0.4 is 5.32 Å². The fraction of sp³-hybridized carbons (Fsp3) is 0.682. The van der Waals surface area contributed by atoms with Gasteiger partial charge >= 0.3 is 6.18 Å². The van der Waals surface area contributed by atoms with Crippen molar-refractivity contribution in [2.24, 2.45) is 11.8 Å². The molecule has 2 fully saturated rings. The van der Waals surface area contributed by atoms with Gasteiger partial charge in [-0.3, -0.25) is 0 Å². The van der Waals surface area contributed by atoms with Crippen molar-refractivity contribution in [2.45, 2.75) is 75.9 Å². The molecule has 0 atom stereocenters. The van der Waals surface area contributed by atoms with Gasteiger partial charge in [-0.25, -0.2) is 4.39 Å². The van der Waals surface area contributed by atoms with E-state index in [1.54, 1.807) is 0 Å². The van der Waals surface area contributed by atoms with E-state index < -0.39 is 17.6 Å². The van der Waals surface area contributed by atoms with E-state index >= 15 is 0 Å². The van der Waals surface area contributed by atoms with Crippen LogP contribution >= 0.6 is 0 Å². The lowest BCUT2D eigenvalue weighted by Crippen LogP contribution is -2.34. The highest BCUT2D eigenvalue weighted by molar-refractivity contribution is 5.33. The Bertz CT molecular complexity index is 679. The average molecular weight is 396 g/mol. The summed E-state index contributed by atoms with van der Waals surface area (Å²) in [6.07, 6.45) is 3.87. The normalized spacial score (nSPS) is 28.7. The highest BCUT2D eigenvalue weighted by Crippen LogP contribution is 2.42. The average Bonchev–Trinajstić information content (AvgIpc) is 2.68. The number of nitrogens with zero attached hydrogens (tertiary/aromatic N) is 1. The van der Waals surface area contributed by atoms with Gasteiger partial charge in [-0.1, -0.05) is 6.07 Å². The van der Waals surface area contributed by atoms with Gasteiger partial charge in [0.25, 0.3) is 0 Å². The maximum Gasteiger partial charge on any atom is 0.416 e. The number of hydrogen-bond donors (Lipinski definition) is 1. The SMILES string of the molecule is N#C[C@H]1CC[C@@H](NCC[C@H]2CC[C@@H](c3ccc(F)cc3C(F)(F)F)CC2)CC1. The van der Waals surface area contributed by atoms with E-state index in [0.717, 1.165) is 70.4 Å². The second kappa shape index (κ2) is 9.26. The Labute approximate surface area is 164 Å². The zero-order valence-electron chi connectivity index (χ0n) is 16.1. The summed E-state index contributed by atoms with van der Waals surface area (Å²) < 4.78 is 53.1. The summed E-state index contributed by atoms with van der Waals surface area (Å²) in [6, 6.07) is 5.94. The number of hydrogen-bond acceptors (Lipinski definition) is 2. The quantitative estimate of drug-likeness (QED) is 0.603. The third-order valence-corrected chi connectivity index (χ3v) is 6.50. The van der Waals surface area contributed by atoms with Gasteiger partial charge in [0.05, 0.1) is 11.6 Å². The van der Waals surface area contributed by atoms with E-state index in [-0.39, 0.29) is 17.4 Å². The predicted molar refractivity (Wildman–Crippen MR) is 100 cm³/mol. The number of halogens is 4. The molecule has 0 bridgehead atoms. The Morgan fingerprint density at radius 1 is 1.00 bits per heavy atom. The van der Waals surface area contributed by atoms with E-state index in [1.165, 1.54) is 6.07 Å². The summed E-state index contributed by atoms with van der Waals surface area (Å²) >= 11 is 0. The van der Waals surface area contributed by atoms with Gasteiger partial charge in [-0.15, -0.1) is 0 Å². The second-order valence-corrected chi connectivity index (χ2v) is 8.37. The molecule has 0 unspecified atom stereocenters. The van der Waals surface area contributed by atoms with E-state index in [9.17, 15) is 17.6 Å². The first-order chi connectivity index (χ1) is 13.4. The van der Waals surface area contributed by atoms with Crippen LogP contribution in [0.25, 0.3) is 0 Å². The number of nitriles is 1. The third-order valence-electron chi connectivity index (χ3n) is 6.50. The van der Waals surface area contributed by atoms with Crippen molar-refractivity contribution in [1.29, 1.82) is 5.26 Å². The van der Waals surface area contributed by atoms with Crippen molar-refractivity contribution >= 4 is 0 Å². The van der Waals surface area contributed by atoms with Gasteiger partial charge in [-0.2, -0.15) is 18.4 Å². The predicted octanol–water partition coefficient (Wildman–Crippen LogP) is 6.18. The van der Waals surface area contributed by atoms with Crippen LogP contribution in [0.4, 0.5) is 17.6 Å². The molecule has 0 aliphatic heterocycles. The van der Waals surface area contributed by atoms with E-state index in [1.807, 2.05) is 0 Å². The molecule has 2 aliphatic carbocycles. The van der Waals surface area contributed by atoms with Crippen LogP contribution in [0, 0.1) is 29.0 Å². The molecule has 28 heavy (non-hydrogen) atoms. The molecule has 154 valence electrons. The van der Waals surface area contributed by atoms with Gasteiger partial charge in [0.1, 0.15) is 5.82 Å². The van der Waals surface area contributed by atoms with Gasteiger partial charge in [0.15, 0.2) is 0 Å². The molecule has 2 aliphatic rings. The topological polar surface area (TPSA) is 35.8 Å². The van der Waals surface area contributed by atoms with Crippen LogP contribution in [0.2, 0.25) is 0 Å². The lowest BCUT2D eigenvalue weighted by Gasteiger charge is -2.31. The molecule has 0 aromatic heterocycles. The Balaban J connectivity index is 1.45. The Hall–Kier alpha value is -1.61. The minimum absolute atomic E-state index is 0.136. The van der Waals surface area contributed by atoms with E-state index in [0.29, 0.717) is 18.0 Å². The van der Waals surface area contributed by atoms with Crippen molar-refractivity contribution in [1.82, 2.24) is 5.32 Å². The standard InChI is InChI=1S/C22H28F4N2/c23-18-7-10-20(21(13-18)22(24,25)26)17-5-1-15(2-6-17)11-12-28-19-8-3-16(14-27)4-9-19/h7,10,13,15-17,19,28H,1-6,8-9,11-12H2/t15-,16-,17+,19+. The molecular weight excluding hydrogens is 368 g/mol. The van der Waals surface area contributed by atoms with Crippen LogP contribution in [-0.4, -0.2) is 12.6 Å². The largest absolute Gasteiger partial charge is 0.416 e. The molecule has 0 heterocycles. The Morgan fingerprint density at radius 2 is 1.68 bits per heavy atom. The number of nitrogens with one attached hydrogen (secondary N) is 1. The zero-order valence-corrected chi connectivity index (χ0v) is 16.1. The van der Waals surface area contributed by atoms with Crippen molar-refractivity contribution in [3.8, 4) is 6.07 Å². The minimum Gasteiger partial charge on any atom is -0.314 e. The Morgan fingerprint density at radius 3 is 2.29 bits per heavy atom. The van der Waals surface area contributed by atoms with Crippen molar-refractivity contribution in [2.75, 3.05) is 6.54 Å². The maximum atomic E-state index is 13.3. The summed E-state index contributed by atoms with van der Waals surface area (Å²) in [5.74, 6) is -0.224. The van der Waals surface area contributed by atoms with Crippen molar-refractivity contribution in [3.63, 3.8) is 0 Å². The van der Waals surface area contributed by atoms with Crippen LogP contribution in [-0.2, 0) is 6.18 Å². The molecule has 3 rings (SSSR count). The second-order valence-electron chi connectivity index (χ2n) is 8.37. The molecule has 1 aromatic carbocycles. The highest BCUT2D eigenvalue weighted by atomic mass is 19.4. The number of alkyl halides is 3. The monoisotopic (exact) mass is 396 g/mol. The summed E-state index contributed by atoms with van der Waals surface area (Å²) in [4.78, 5) is 0. The molecule has 0 amide bonds. The molecular formula is C22H28F4N2. The molecule has 0 radical (unpaired) electrons. The molecule has 6 heteroatoms. The first-order valence-corrected chi connectivity index (χ1v) is 10.4. The molecule has 2 nitrogen and oxygen atoms in total.